The minimum absolute atomic E-state index is 0.628. The SMILES string of the molecule is Cc1cccc(Cl)c1NCCCCC#N. The molecule has 1 aromatic rings. The second-order valence-corrected chi connectivity index (χ2v) is 3.88. The molecular weight excluding hydrogens is 208 g/mol. The molecule has 3 heteroatoms. The third-order valence-corrected chi connectivity index (χ3v) is 2.55. The van der Waals surface area contributed by atoms with Gasteiger partial charge in [0.2, 0.25) is 0 Å². The van der Waals surface area contributed by atoms with Crippen molar-refractivity contribution in [2.75, 3.05) is 11.9 Å². The van der Waals surface area contributed by atoms with Crippen molar-refractivity contribution < 1.29 is 0 Å². The van der Waals surface area contributed by atoms with Crippen molar-refractivity contribution in [2.24, 2.45) is 0 Å². The van der Waals surface area contributed by atoms with Gasteiger partial charge in [0.1, 0.15) is 0 Å². The normalized spacial score (nSPS) is 9.67. The van der Waals surface area contributed by atoms with Gasteiger partial charge in [-0.15, -0.1) is 0 Å². The van der Waals surface area contributed by atoms with Crippen molar-refractivity contribution >= 4 is 17.3 Å². The Kier molecular flexibility index (Phi) is 5.00. The molecule has 0 atom stereocenters. The fourth-order valence-electron chi connectivity index (χ4n) is 1.40. The first-order valence-corrected chi connectivity index (χ1v) is 5.49. The van der Waals surface area contributed by atoms with Crippen LogP contribution in [0.5, 0.6) is 0 Å². The molecule has 15 heavy (non-hydrogen) atoms. The van der Waals surface area contributed by atoms with Gasteiger partial charge in [-0.3, -0.25) is 0 Å². The summed E-state index contributed by atoms with van der Waals surface area (Å²) in [6, 6.07) is 7.99. The van der Waals surface area contributed by atoms with Gasteiger partial charge in [-0.2, -0.15) is 5.26 Å². The molecule has 0 aliphatic heterocycles. The number of halogens is 1. The number of benzene rings is 1. The molecule has 0 saturated heterocycles. The van der Waals surface area contributed by atoms with Crippen LogP contribution < -0.4 is 5.32 Å². The minimum atomic E-state index is 0.628. The number of hydrogen-bond donors (Lipinski definition) is 1. The summed E-state index contributed by atoms with van der Waals surface area (Å²) in [7, 11) is 0. The molecule has 0 saturated carbocycles. The van der Waals surface area contributed by atoms with Crippen molar-refractivity contribution in [3.05, 3.63) is 28.8 Å². The predicted molar refractivity (Wildman–Crippen MR) is 64.1 cm³/mol. The highest BCUT2D eigenvalue weighted by Crippen LogP contribution is 2.24. The van der Waals surface area contributed by atoms with E-state index in [-0.39, 0.29) is 0 Å². The van der Waals surface area contributed by atoms with Crippen LogP contribution in [0.1, 0.15) is 24.8 Å². The molecule has 0 aliphatic carbocycles. The first kappa shape index (κ1) is 11.9. The zero-order valence-corrected chi connectivity index (χ0v) is 9.64. The van der Waals surface area contributed by atoms with E-state index in [1.165, 1.54) is 0 Å². The number of nitriles is 1. The van der Waals surface area contributed by atoms with Gasteiger partial charge in [-0.25, -0.2) is 0 Å². The molecule has 0 radical (unpaired) electrons. The molecule has 80 valence electrons. The smallest absolute Gasteiger partial charge is 0.0640 e. The number of anilines is 1. The summed E-state index contributed by atoms with van der Waals surface area (Å²) < 4.78 is 0. The molecule has 0 fully saturated rings. The molecule has 1 N–H and O–H groups in total. The van der Waals surface area contributed by atoms with Crippen molar-refractivity contribution in [3.8, 4) is 6.07 Å². The molecular formula is C12H15ClN2. The van der Waals surface area contributed by atoms with Gasteiger partial charge in [0.15, 0.2) is 0 Å². The van der Waals surface area contributed by atoms with Crippen LogP contribution in [0, 0.1) is 18.3 Å². The van der Waals surface area contributed by atoms with E-state index in [1.807, 2.05) is 25.1 Å². The summed E-state index contributed by atoms with van der Waals surface area (Å²) in [4.78, 5) is 0. The number of rotatable bonds is 5. The number of aryl methyl sites for hydroxylation is 1. The fourth-order valence-corrected chi connectivity index (χ4v) is 1.69. The molecule has 0 aliphatic rings. The number of para-hydroxylation sites is 1. The number of nitrogens with zero attached hydrogens (tertiary/aromatic N) is 1. The maximum Gasteiger partial charge on any atom is 0.0640 e. The van der Waals surface area contributed by atoms with Crippen LogP contribution in [0.2, 0.25) is 5.02 Å². The van der Waals surface area contributed by atoms with Crippen LogP contribution in [0.15, 0.2) is 18.2 Å². The lowest BCUT2D eigenvalue weighted by Gasteiger charge is -2.10. The summed E-state index contributed by atoms with van der Waals surface area (Å²) in [5, 5.41) is 12.4. The Labute approximate surface area is 95.9 Å². The van der Waals surface area contributed by atoms with Crippen LogP contribution in [0.4, 0.5) is 5.69 Å². The highest BCUT2D eigenvalue weighted by molar-refractivity contribution is 6.33. The molecule has 1 rings (SSSR count). The molecule has 2 nitrogen and oxygen atoms in total. The molecule has 1 aromatic carbocycles. The van der Waals surface area contributed by atoms with Crippen LogP contribution in [-0.4, -0.2) is 6.54 Å². The Morgan fingerprint density at radius 3 is 2.87 bits per heavy atom. The van der Waals surface area contributed by atoms with E-state index in [9.17, 15) is 0 Å². The Morgan fingerprint density at radius 1 is 1.40 bits per heavy atom. The van der Waals surface area contributed by atoms with Crippen LogP contribution in [0.25, 0.3) is 0 Å². The van der Waals surface area contributed by atoms with Crippen LogP contribution in [0.3, 0.4) is 0 Å². The average molecular weight is 223 g/mol. The molecule has 0 amide bonds. The number of unbranched alkanes of at least 4 members (excludes halogenated alkanes) is 2. The molecule has 0 spiro atoms. The molecule has 0 bridgehead atoms. The predicted octanol–water partition coefficient (Wildman–Crippen LogP) is 3.75. The average Bonchev–Trinajstić information content (AvgIpc) is 2.21. The van der Waals surface area contributed by atoms with Gasteiger partial charge in [-0.05, 0) is 31.4 Å². The third-order valence-electron chi connectivity index (χ3n) is 2.24. The van der Waals surface area contributed by atoms with Gasteiger partial charge in [0, 0.05) is 13.0 Å². The molecule has 0 heterocycles. The molecule has 0 aromatic heterocycles. The highest BCUT2D eigenvalue weighted by atomic mass is 35.5. The Balaban J connectivity index is 2.41. The van der Waals surface area contributed by atoms with Gasteiger partial charge in [0.25, 0.3) is 0 Å². The lowest BCUT2D eigenvalue weighted by atomic mass is 10.2. The van der Waals surface area contributed by atoms with E-state index in [4.69, 9.17) is 16.9 Å². The van der Waals surface area contributed by atoms with Crippen molar-refractivity contribution in [3.63, 3.8) is 0 Å². The maximum atomic E-state index is 8.38. The number of hydrogen-bond acceptors (Lipinski definition) is 2. The van der Waals surface area contributed by atoms with E-state index in [2.05, 4.69) is 11.4 Å². The fraction of sp³-hybridized carbons (Fsp3) is 0.417. The van der Waals surface area contributed by atoms with E-state index in [1.54, 1.807) is 0 Å². The minimum Gasteiger partial charge on any atom is -0.384 e. The van der Waals surface area contributed by atoms with Crippen molar-refractivity contribution in [1.82, 2.24) is 0 Å². The zero-order chi connectivity index (χ0) is 11.1. The monoisotopic (exact) mass is 222 g/mol. The Morgan fingerprint density at radius 2 is 2.20 bits per heavy atom. The summed E-state index contributed by atoms with van der Waals surface area (Å²) in [5.74, 6) is 0. The summed E-state index contributed by atoms with van der Waals surface area (Å²) in [5.41, 5.74) is 2.17. The lowest BCUT2D eigenvalue weighted by molar-refractivity contribution is 0.784. The van der Waals surface area contributed by atoms with Crippen LogP contribution in [-0.2, 0) is 0 Å². The second-order valence-electron chi connectivity index (χ2n) is 3.47. The highest BCUT2D eigenvalue weighted by Gasteiger charge is 2.01. The van der Waals surface area contributed by atoms with Crippen LogP contribution >= 0.6 is 11.6 Å². The first-order valence-electron chi connectivity index (χ1n) is 5.11. The Bertz CT molecular complexity index is 335. The van der Waals surface area contributed by atoms with Gasteiger partial charge >= 0.3 is 0 Å². The van der Waals surface area contributed by atoms with Gasteiger partial charge in [0.05, 0.1) is 16.8 Å². The third kappa shape index (κ3) is 3.81. The second kappa shape index (κ2) is 6.31. The van der Waals surface area contributed by atoms with Crippen molar-refractivity contribution in [2.45, 2.75) is 26.2 Å². The summed E-state index contributed by atoms with van der Waals surface area (Å²) in [6.45, 7) is 2.90. The zero-order valence-electron chi connectivity index (χ0n) is 8.89. The van der Waals surface area contributed by atoms with Gasteiger partial charge in [-0.1, -0.05) is 23.7 Å². The largest absolute Gasteiger partial charge is 0.384 e. The van der Waals surface area contributed by atoms with Gasteiger partial charge < -0.3 is 5.32 Å². The lowest BCUT2D eigenvalue weighted by Crippen LogP contribution is -2.03. The van der Waals surface area contributed by atoms with E-state index < -0.39 is 0 Å². The standard InChI is InChI=1S/C12H15ClN2/c1-10-6-5-7-11(13)12(10)15-9-4-2-3-8-14/h5-7,15H,2-4,9H2,1H3. The molecule has 0 unspecified atom stereocenters. The maximum absolute atomic E-state index is 8.38. The number of nitrogens with one attached hydrogen (secondary N) is 1. The Hall–Kier alpha value is -1.20. The summed E-state index contributed by atoms with van der Waals surface area (Å²) >= 11 is 6.05. The topological polar surface area (TPSA) is 35.8 Å². The van der Waals surface area contributed by atoms with E-state index >= 15 is 0 Å². The van der Waals surface area contributed by atoms with E-state index in [0.717, 1.165) is 35.7 Å². The van der Waals surface area contributed by atoms with Crippen molar-refractivity contribution in [1.29, 1.82) is 5.26 Å². The van der Waals surface area contributed by atoms with E-state index in [0.29, 0.717) is 6.42 Å². The summed E-state index contributed by atoms with van der Waals surface area (Å²) in [6.07, 6.45) is 2.56. The first-order chi connectivity index (χ1) is 7.25. The quantitative estimate of drug-likeness (QED) is 0.771.